The number of non-ortho nitro benzene ring substituents is 1. The first-order chi connectivity index (χ1) is 9.86. The fraction of sp³-hybridized carbons (Fsp3) is 0.538. The molecule has 0 saturated carbocycles. The molecule has 1 aliphatic heterocycles. The Balaban J connectivity index is 0.00000242. The Bertz CT molecular complexity index is 621. The Morgan fingerprint density at radius 2 is 1.95 bits per heavy atom. The maximum absolute atomic E-state index is 12.6. The number of hydrogen-bond donors (Lipinski definition) is 1. The van der Waals surface area contributed by atoms with Crippen LogP contribution < -0.4 is 5.73 Å². The minimum atomic E-state index is -3.66. The molecule has 2 rings (SSSR count). The minimum Gasteiger partial charge on any atom is -0.329 e. The van der Waals surface area contributed by atoms with Gasteiger partial charge in [0.15, 0.2) is 0 Å². The van der Waals surface area contributed by atoms with E-state index in [0.717, 1.165) is 12.8 Å². The molecule has 124 valence electrons. The highest BCUT2D eigenvalue weighted by Gasteiger charge is 2.35. The predicted octanol–water partition coefficient (Wildman–Crippen LogP) is 1.76. The molecular weight excluding hydrogens is 330 g/mol. The van der Waals surface area contributed by atoms with E-state index in [0.29, 0.717) is 12.5 Å². The number of nitro groups is 1. The lowest BCUT2D eigenvalue weighted by atomic mass is 9.94. The molecular formula is C13H20ClN3O4S. The van der Waals surface area contributed by atoms with Crippen molar-refractivity contribution in [2.45, 2.75) is 30.7 Å². The Kier molecular flexibility index (Phi) is 6.30. The molecule has 2 atom stereocenters. The van der Waals surface area contributed by atoms with Crippen LogP contribution in [0.1, 0.15) is 19.8 Å². The molecule has 22 heavy (non-hydrogen) atoms. The summed E-state index contributed by atoms with van der Waals surface area (Å²) in [6.07, 6.45) is 1.53. The van der Waals surface area contributed by atoms with Crippen molar-refractivity contribution < 1.29 is 13.3 Å². The summed E-state index contributed by atoms with van der Waals surface area (Å²) in [6.45, 7) is 2.79. The second kappa shape index (κ2) is 7.36. The van der Waals surface area contributed by atoms with E-state index in [2.05, 4.69) is 6.92 Å². The third-order valence-electron chi connectivity index (χ3n) is 3.85. The monoisotopic (exact) mass is 349 g/mol. The molecule has 1 fully saturated rings. The lowest BCUT2D eigenvalue weighted by Gasteiger charge is -2.36. The summed E-state index contributed by atoms with van der Waals surface area (Å²) in [7, 11) is -3.66. The van der Waals surface area contributed by atoms with Gasteiger partial charge in [-0.3, -0.25) is 10.1 Å². The van der Waals surface area contributed by atoms with E-state index >= 15 is 0 Å². The quantitative estimate of drug-likeness (QED) is 0.658. The molecule has 1 aromatic carbocycles. The van der Waals surface area contributed by atoms with Gasteiger partial charge < -0.3 is 5.73 Å². The summed E-state index contributed by atoms with van der Waals surface area (Å²) in [6, 6.07) is 4.75. The molecule has 0 aliphatic carbocycles. The predicted molar refractivity (Wildman–Crippen MR) is 85.5 cm³/mol. The highest BCUT2D eigenvalue weighted by molar-refractivity contribution is 7.89. The molecule has 1 aromatic rings. The maximum atomic E-state index is 12.6. The van der Waals surface area contributed by atoms with Crippen LogP contribution in [-0.4, -0.2) is 36.8 Å². The summed E-state index contributed by atoms with van der Waals surface area (Å²) in [4.78, 5) is 10.1. The van der Waals surface area contributed by atoms with Gasteiger partial charge in [-0.2, -0.15) is 4.31 Å². The summed E-state index contributed by atoms with van der Waals surface area (Å²) < 4.78 is 26.7. The highest BCUT2D eigenvalue weighted by Crippen LogP contribution is 2.28. The van der Waals surface area contributed by atoms with Crippen molar-refractivity contribution >= 4 is 28.1 Å². The highest BCUT2D eigenvalue weighted by atomic mass is 35.5. The van der Waals surface area contributed by atoms with Crippen LogP contribution in [0.15, 0.2) is 29.2 Å². The second-order valence-electron chi connectivity index (χ2n) is 5.39. The fourth-order valence-electron chi connectivity index (χ4n) is 2.64. The Hall–Kier alpha value is -1.22. The van der Waals surface area contributed by atoms with Crippen LogP contribution in [0.2, 0.25) is 0 Å². The molecule has 0 amide bonds. The number of nitro benzene ring substituents is 1. The van der Waals surface area contributed by atoms with Crippen LogP contribution in [0.25, 0.3) is 0 Å². The van der Waals surface area contributed by atoms with Gasteiger partial charge in [0, 0.05) is 31.3 Å². The first-order valence-corrected chi connectivity index (χ1v) is 8.26. The van der Waals surface area contributed by atoms with Gasteiger partial charge in [-0.15, -0.1) is 12.4 Å². The number of benzene rings is 1. The van der Waals surface area contributed by atoms with Crippen molar-refractivity contribution in [1.82, 2.24) is 4.31 Å². The molecule has 0 aromatic heterocycles. The third kappa shape index (κ3) is 3.75. The molecule has 1 saturated heterocycles. The summed E-state index contributed by atoms with van der Waals surface area (Å²) in [5.74, 6) is 0.446. The number of rotatable bonds is 4. The van der Waals surface area contributed by atoms with Gasteiger partial charge in [0.25, 0.3) is 5.69 Å². The van der Waals surface area contributed by atoms with Crippen LogP contribution in [0.4, 0.5) is 5.69 Å². The van der Waals surface area contributed by atoms with Crippen LogP contribution in [0, 0.1) is 16.0 Å². The van der Waals surface area contributed by atoms with E-state index in [4.69, 9.17) is 5.73 Å². The largest absolute Gasteiger partial charge is 0.329 e. The molecule has 9 heteroatoms. The van der Waals surface area contributed by atoms with Gasteiger partial charge in [0.2, 0.25) is 10.0 Å². The standard InChI is InChI=1S/C13H19N3O4S.ClH/c1-10-6-7-15(12(8-10)9-14)21(19,20)13-4-2-11(3-5-13)16(17)18;/h2-5,10,12H,6-9,14H2,1H3;1H. The topological polar surface area (TPSA) is 107 Å². The molecule has 2 unspecified atom stereocenters. The zero-order valence-electron chi connectivity index (χ0n) is 12.2. The summed E-state index contributed by atoms with van der Waals surface area (Å²) >= 11 is 0. The average molecular weight is 350 g/mol. The average Bonchev–Trinajstić information content (AvgIpc) is 2.46. The van der Waals surface area contributed by atoms with E-state index in [1.165, 1.54) is 28.6 Å². The number of piperidine rings is 1. The van der Waals surface area contributed by atoms with Crippen molar-refractivity contribution in [2.75, 3.05) is 13.1 Å². The zero-order valence-corrected chi connectivity index (χ0v) is 13.8. The zero-order chi connectivity index (χ0) is 15.6. The molecule has 7 nitrogen and oxygen atoms in total. The molecule has 0 spiro atoms. The molecule has 2 N–H and O–H groups in total. The Morgan fingerprint density at radius 3 is 2.45 bits per heavy atom. The van der Waals surface area contributed by atoms with Crippen molar-refractivity contribution in [1.29, 1.82) is 0 Å². The number of nitrogens with zero attached hydrogens (tertiary/aromatic N) is 2. The van der Waals surface area contributed by atoms with E-state index in [9.17, 15) is 18.5 Å². The first-order valence-electron chi connectivity index (χ1n) is 6.82. The SMILES string of the molecule is CC1CCN(S(=O)(=O)c2ccc([N+](=O)[O-])cc2)C(CN)C1.Cl. The van der Waals surface area contributed by atoms with Gasteiger partial charge in [-0.1, -0.05) is 6.92 Å². The van der Waals surface area contributed by atoms with Gasteiger partial charge >= 0.3 is 0 Å². The Morgan fingerprint density at radius 1 is 1.36 bits per heavy atom. The van der Waals surface area contributed by atoms with Crippen LogP contribution in [-0.2, 0) is 10.0 Å². The maximum Gasteiger partial charge on any atom is 0.269 e. The van der Waals surface area contributed by atoms with E-state index in [-0.39, 0.29) is 35.6 Å². The number of hydrogen-bond acceptors (Lipinski definition) is 5. The number of halogens is 1. The molecule has 0 bridgehead atoms. The van der Waals surface area contributed by atoms with Crippen LogP contribution in [0.5, 0.6) is 0 Å². The van der Waals surface area contributed by atoms with Gasteiger partial charge in [0.1, 0.15) is 0 Å². The lowest BCUT2D eigenvalue weighted by molar-refractivity contribution is -0.384. The summed E-state index contributed by atoms with van der Waals surface area (Å²) in [5.41, 5.74) is 5.57. The smallest absolute Gasteiger partial charge is 0.269 e. The van der Waals surface area contributed by atoms with Crippen LogP contribution in [0.3, 0.4) is 0 Å². The van der Waals surface area contributed by atoms with Crippen molar-refractivity contribution in [3.63, 3.8) is 0 Å². The fourth-order valence-corrected chi connectivity index (χ4v) is 4.30. The first kappa shape index (κ1) is 18.8. The van der Waals surface area contributed by atoms with Crippen LogP contribution >= 0.6 is 12.4 Å². The van der Waals surface area contributed by atoms with Crippen molar-refractivity contribution in [3.05, 3.63) is 34.4 Å². The van der Waals surface area contributed by atoms with E-state index in [1.807, 2.05) is 0 Å². The minimum absolute atomic E-state index is 0. The second-order valence-corrected chi connectivity index (χ2v) is 7.28. The number of sulfonamides is 1. The van der Waals surface area contributed by atoms with E-state index < -0.39 is 14.9 Å². The lowest BCUT2D eigenvalue weighted by Crippen LogP contribution is -2.49. The van der Waals surface area contributed by atoms with E-state index in [1.54, 1.807) is 0 Å². The van der Waals surface area contributed by atoms with Gasteiger partial charge in [-0.25, -0.2) is 8.42 Å². The van der Waals surface area contributed by atoms with Crippen molar-refractivity contribution in [2.24, 2.45) is 11.7 Å². The third-order valence-corrected chi connectivity index (χ3v) is 5.82. The summed E-state index contributed by atoms with van der Waals surface area (Å²) in [5, 5.41) is 10.6. The normalized spacial score (nSPS) is 22.8. The van der Waals surface area contributed by atoms with Gasteiger partial charge in [-0.05, 0) is 30.9 Å². The molecule has 1 aliphatic rings. The molecule has 0 radical (unpaired) electrons. The molecule has 1 heterocycles. The van der Waals surface area contributed by atoms with Gasteiger partial charge in [0.05, 0.1) is 9.82 Å². The Labute approximate surface area is 136 Å². The van der Waals surface area contributed by atoms with Crippen molar-refractivity contribution in [3.8, 4) is 0 Å². The number of nitrogens with two attached hydrogens (primary N) is 1.